The van der Waals surface area contributed by atoms with E-state index in [0.717, 1.165) is 11.1 Å². The lowest BCUT2D eigenvalue weighted by Gasteiger charge is -2.24. The lowest BCUT2D eigenvalue weighted by atomic mass is 9.90. The Bertz CT molecular complexity index is 539. The van der Waals surface area contributed by atoms with Gasteiger partial charge in [0.15, 0.2) is 5.96 Å². The predicted octanol–water partition coefficient (Wildman–Crippen LogP) is 1.31. The van der Waals surface area contributed by atoms with Gasteiger partial charge >= 0.3 is 0 Å². The summed E-state index contributed by atoms with van der Waals surface area (Å²) in [6.45, 7) is 6.35. The molecule has 2 N–H and O–H groups in total. The Morgan fingerprint density at radius 1 is 1.42 bits per heavy atom. The molecule has 5 heteroatoms. The smallest absolute Gasteiger partial charge is 0.256 e. The highest BCUT2D eigenvalue weighted by Gasteiger charge is 2.44. The molecule has 1 aliphatic rings. The second-order valence-corrected chi connectivity index (χ2v) is 4.73. The number of carbonyl (C=O) groups is 1. The van der Waals surface area contributed by atoms with Gasteiger partial charge in [-0.2, -0.15) is 0 Å². The van der Waals surface area contributed by atoms with Crippen molar-refractivity contribution in [2.75, 3.05) is 13.7 Å². The maximum atomic E-state index is 12.3. The average molecular weight is 261 g/mol. The first-order valence-electron chi connectivity index (χ1n) is 6.30. The van der Waals surface area contributed by atoms with Crippen molar-refractivity contribution in [3.63, 3.8) is 0 Å². The number of hydrogen-bond donors (Lipinski definition) is 2. The van der Waals surface area contributed by atoms with Crippen LogP contribution in [-0.2, 0) is 10.3 Å². The number of aryl methyl sites for hydroxylation is 1. The lowest BCUT2D eigenvalue weighted by Crippen LogP contribution is -2.41. The zero-order valence-electron chi connectivity index (χ0n) is 11.7. The van der Waals surface area contributed by atoms with Gasteiger partial charge in [-0.15, -0.1) is 0 Å². The van der Waals surface area contributed by atoms with Gasteiger partial charge in [0.2, 0.25) is 0 Å². The van der Waals surface area contributed by atoms with Gasteiger partial charge in [-0.25, -0.2) is 0 Å². The molecule has 5 nitrogen and oxygen atoms in total. The summed E-state index contributed by atoms with van der Waals surface area (Å²) >= 11 is 0. The van der Waals surface area contributed by atoms with Crippen LogP contribution in [0.25, 0.3) is 0 Å². The zero-order valence-corrected chi connectivity index (χ0v) is 11.7. The molecule has 0 spiro atoms. The van der Waals surface area contributed by atoms with E-state index in [-0.39, 0.29) is 5.91 Å². The fourth-order valence-corrected chi connectivity index (χ4v) is 2.20. The lowest BCUT2D eigenvalue weighted by molar-refractivity contribution is -0.123. The normalized spacial score (nSPS) is 24.2. The van der Waals surface area contributed by atoms with E-state index >= 15 is 0 Å². The molecule has 1 aromatic rings. The Morgan fingerprint density at radius 3 is 2.79 bits per heavy atom. The highest BCUT2D eigenvalue weighted by Crippen LogP contribution is 2.32. The molecule has 102 valence electrons. The Kier molecular flexibility index (Phi) is 3.46. The van der Waals surface area contributed by atoms with Crippen molar-refractivity contribution >= 4 is 11.9 Å². The van der Waals surface area contributed by atoms with E-state index in [9.17, 15) is 4.79 Å². The number of benzene rings is 1. The largest absolute Gasteiger partial charge is 0.496 e. The first-order valence-corrected chi connectivity index (χ1v) is 6.30. The van der Waals surface area contributed by atoms with Crippen molar-refractivity contribution in [3.8, 4) is 5.75 Å². The fourth-order valence-electron chi connectivity index (χ4n) is 2.20. The topological polar surface area (TPSA) is 62.7 Å². The third-order valence-electron chi connectivity index (χ3n) is 3.26. The van der Waals surface area contributed by atoms with Crippen LogP contribution in [0.4, 0.5) is 0 Å². The van der Waals surface area contributed by atoms with E-state index in [1.54, 1.807) is 7.11 Å². The molecule has 0 bridgehead atoms. The maximum Gasteiger partial charge on any atom is 0.256 e. The first kappa shape index (κ1) is 13.4. The van der Waals surface area contributed by atoms with Gasteiger partial charge < -0.3 is 10.1 Å². The highest BCUT2D eigenvalue weighted by atomic mass is 16.5. The number of carbonyl (C=O) groups excluding carboxylic acids is 1. The van der Waals surface area contributed by atoms with E-state index < -0.39 is 5.54 Å². The summed E-state index contributed by atoms with van der Waals surface area (Å²) < 4.78 is 5.36. The fraction of sp³-hybridized carbons (Fsp3) is 0.429. The van der Waals surface area contributed by atoms with Crippen LogP contribution < -0.4 is 15.4 Å². The van der Waals surface area contributed by atoms with Crippen LogP contribution >= 0.6 is 0 Å². The third-order valence-corrected chi connectivity index (χ3v) is 3.26. The van der Waals surface area contributed by atoms with Crippen LogP contribution in [0.3, 0.4) is 0 Å². The molecule has 1 atom stereocenters. The molecule has 1 heterocycles. The summed E-state index contributed by atoms with van der Waals surface area (Å²) in [5.74, 6) is 1.08. The van der Waals surface area contributed by atoms with Crippen molar-refractivity contribution in [3.05, 3.63) is 29.3 Å². The van der Waals surface area contributed by atoms with Crippen LogP contribution in [0.5, 0.6) is 5.75 Å². The molecule has 1 fully saturated rings. The summed E-state index contributed by atoms with van der Waals surface area (Å²) in [5.41, 5.74) is 1.03. The number of nitrogens with one attached hydrogen (secondary N) is 2. The number of guanidine groups is 1. The number of methoxy groups -OCH3 is 1. The molecule has 0 aliphatic carbocycles. The molecule has 2 rings (SSSR count). The second-order valence-electron chi connectivity index (χ2n) is 4.73. The standard InChI is InChI=1S/C14H19N3O2/c1-5-15-13-16-12(18)14(3,17-13)10-8-9(2)6-7-11(10)19-4/h6-8H,5H2,1-4H3,(H2,15,16,17,18). The number of aliphatic imine (C=N–C) groups is 1. The van der Waals surface area contributed by atoms with Crippen LogP contribution in [0.15, 0.2) is 23.2 Å². The van der Waals surface area contributed by atoms with Crippen LogP contribution in [0.2, 0.25) is 0 Å². The van der Waals surface area contributed by atoms with Gasteiger partial charge in [-0.3, -0.25) is 15.1 Å². The van der Waals surface area contributed by atoms with Gasteiger partial charge in [0.25, 0.3) is 5.91 Å². The van der Waals surface area contributed by atoms with E-state index in [2.05, 4.69) is 15.6 Å². The van der Waals surface area contributed by atoms with Crippen molar-refractivity contribution in [1.29, 1.82) is 0 Å². The van der Waals surface area contributed by atoms with E-state index in [4.69, 9.17) is 4.74 Å². The van der Waals surface area contributed by atoms with Gasteiger partial charge in [0.05, 0.1) is 7.11 Å². The molecule has 19 heavy (non-hydrogen) atoms. The van der Waals surface area contributed by atoms with Crippen molar-refractivity contribution in [2.24, 2.45) is 4.99 Å². The van der Waals surface area contributed by atoms with E-state index in [0.29, 0.717) is 18.3 Å². The SMILES string of the molecule is CCN=C1NC(=O)C(C)(c2cc(C)ccc2OC)N1. The molecular formula is C14H19N3O2. The number of nitrogens with zero attached hydrogens (tertiary/aromatic N) is 1. The Hall–Kier alpha value is -2.04. The second kappa shape index (κ2) is 4.91. The highest BCUT2D eigenvalue weighted by molar-refractivity contribution is 6.09. The quantitative estimate of drug-likeness (QED) is 0.862. The molecule has 0 radical (unpaired) electrons. The average Bonchev–Trinajstić information content (AvgIpc) is 2.66. The minimum absolute atomic E-state index is 0.122. The summed E-state index contributed by atoms with van der Waals surface area (Å²) in [6, 6.07) is 5.79. The summed E-state index contributed by atoms with van der Waals surface area (Å²) in [4.78, 5) is 16.5. The molecule has 1 amide bonds. The predicted molar refractivity (Wildman–Crippen MR) is 74.3 cm³/mol. The van der Waals surface area contributed by atoms with Crippen molar-refractivity contribution in [1.82, 2.24) is 10.6 Å². The summed E-state index contributed by atoms with van der Waals surface area (Å²) in [6.07, 6.45) is 0. The third kappa shape index (κ3) is 2.28. The Balaban J connectivity index is 2.48. The maximum absolute atomic E-state index is 12.3. The van der Waals surface area contributed by atoms with E-state index in [1.807, 2.05) is 39.0 Å². The van der Waals surface area contributed by atoms with Crippen LogP contribution in [0, 0.1) is 6.92 Å². The molecular weight excluding hydrogens is 242 g/mol. The van der Waals surface area contributed by atoms with Gasteiger partial charge in [0, 0.05) is 12.1 Å². The minimum atomic E-state index is -0.856. The van der Waals surface area contributed by atoms with Gasteiger partial charge in [0.1, 0.15) is 11.3 Å². The first-order chi connectivity index (χ1) is 9.01. The van der Waals surface area contributed by atoms with Gasteiger partial charge in [-0.05, 0) is 32.9 Å². The molecule has 0 aromatic heterocycles. The number of ether oxygens (including phenoxy) is 1. The number of rotatable bonds is 3. The minimum Gasteiger partial charge on any atom is -0.496 e. The molecule has 1 aliphatic heterocycles. The monoisotopic (exact) mass is 261 g/mol. The van der Waals surface area contributed by atoms with E-state index in [1.165, 1.54) is 0 Å². The Morgan fingerprint density at radius 2 is 2.16 bits per heavy atom. The number of amides is 1. The van der Waals surface area contributed by atoms with Gasteiger partial charge in [-0.1, -0.05) is 11.6 Å². The summed E-state index contributed by atoms with van der Waals surface area (Å²) in [7, 11) is 1.60. The molecule has 1 unspecified atom stereocenters. The Labute approximate surface area is 113 Å². The zero-order chi connectivity index (χ0) is 14.0. The van der Waals surface area contributed by atoms with Crippen LogP contribution in [0.1, 0.15) is 25.0 Å². The van der Waals surface area contributed by atoms with Crippen LogP contribution in [-0.4, -0.2) is 25.5 Å². The molecule has 1 aromatic carbocycles. The molecule has 1 saturated heterocycles. The van der Waals surface area contributed by atoms with Crippen molar-refractivity contribution in [2.45, 2.75) is 26.3 Å². The number of hydrogen-bond acceptors (Lipinski definition) is 3. The van der Waals surface area contributed by atoms with Crippen molar-refractivity contribution < 1.29 is 9.53 Å². The molecule has 0 saturated carbocycles. The summed E-state index contributed by atoms with van der Waals surface area (Å²) in [5, 5.41) is 5.90.